The fourth-order valence-corrected chi connectivity index (χ4v) is 2.98. The molecule has 128 valence electrons. The first-order chi connectivity index (χ1) is 11.0. The van der Waals surface area contributed by atoms with E-state index in [1.54, 1.807) is 12.1 Å². The first-order valence-corrected chi connectivity index (χ1v) is 8.29. The number of hydrogen-bond donors (Lipinski definition) is 2. The summed E-state index contributed by atoms with van der Waals surface area (Å²) in [4.78, 5) is 12.8. The summed E-state index contributed by atoms with van der Waals surface area (Å²) in [6, 6.07) is 6.11. The van der Waals surface area contributed by atoms with Gasteiger partial charge in [0.2, 0.25) is 5.91 Å². The topological polar surface area (TPSA) is 58.6 Å². The van der Waals surface area contributed by atoms with E-state index in [0.29, 0.717) is 26.1 Å². The first kappa shape index (κ1) is 17.9. The first-order valence-electron chi connectivity index (χ1n) is 8.29. The predicted octanol–water partition coefficient (Wildman–Crippen LogP) is 2.40. The lowest BCUT2D eigenvalue weighted by Crippen LogP contribution is -2.50. The van der Waals surface area contributed by atoms with Gasteiger partial charge in [0.05, 0.1) is 11.5 Å². The van der Waals surface area contributed by atoms with Crippen molar-refractivity contribution in [3.63, 3.8) is 0 Å². The summed E-state index contributed by atoms with van der Waals surface area (Å²) in [5.74, 6) is -0.301. The van der Waals surface area contributed by atoms with Crippen LogP contribution in [0.5, 0.6) is 0 Å². The molecule has 1 fully saturated rings. The van der Waals surface area contributed by atoms with E-state index in [9.17, 15) is 14.3 Å². The van der Waals surface area contributed by atoms with Gasteiger partial charge in [-0.2, -0.15) is 0 Å². The Morgan fingerprint density at radius 3 is 2.52 bits per heavy atom. The molecule has 0 radical (unpaired) electrons. The molecule has 2 unspecified atom stereocenters. The maximum Gasteiger partial charge on any atom is 0.230 e. The van der Waals surface area contributed by atoms with Crippen LogP contribution in [0.1, 0.15) is 38.7 Å². The van der Waals surface area contributed by atoms with Gasteiger partial charge in [-0.1, -0.05) is 32.4 Å². The Bertz CT molecular complexity index is 512. The molecule has 1 aliphatic rings. The molecule has 1 aliphatic heterocycles. The molecular weight excluding hydrogens is 297 g/mol. The van der Waals surface area contributed by atoms with Crippen LogP contribution in [0.15, 0.2) is 24.3 Å². The third-order valence-corrected chi connectivity index (χ3v) is 4.95. The molecule has 1 amide bonds. The van der Waals surface area contributed by atoms with Crippen LogP contribution >= 0.6 is 0 Å². The number of halogens is 1. The number of amides is 1. The number of hydrogen-bond acceptors (Lipinski definition) is 3. The van der Waals surface area contributed by atoms with Crippen molar-refractivity contribution in [1.82, 2.24) is 5.32 Å². The molecule has 1 aromatic carbocycles. The van der Waals surface area contributed by atoms with Crippen LogP contribution in [0.25, 0.3) is 0 Å². The molecule has 0 bridgehead atoms. The molecule has 1 heterocycles. The highest BCUT2D eigenvalue weighted by molar-refractivity contribution is 5.88. The van der Waals surface area contributed by atoms with Crippen LogP contribution in [0.4, 0.5) is 4.39 Å². The average Bonchev–Trinajstić information content (AvgIpc) is 2.59. The van der Waals surface area contributed by atoms with Crippen molar-refractivity contribution in [3.05, 3.63) is 35.6 Å². The standard InChI is InChI=1S/C18H26FNO3/c1-3-13(2)16(21)12-20-17(22)18(8-10-23-11-9-18)14-4-6-15(19)7-5-14/h4-7,13,16,21H,3,8-12H2,1-2H3,(H,20,22). The smallest absolute Gasteiger partial charge is 0.230 e. The maximum absolute atomic E-state index is 13.2. The SMILES string of the molecule is CCC(C)C(O)CNC(=O)C1(c2ccc(F)cc2)CCOCC1. The Hall–Kier alpha value is -1.46. The summed E-state index contributed by atoms with van der Waals surface area (Å²) in [6.07, 6.45) is 1.41. The Labute approximate surface area is 137 Å². The van der Waals surface area contributed by atoms with Crippen molar-refractivity contribution in [2.45, 2.75) is 44.6 Å². The van der Waals surface area contributed by atoms with Gasteiger partial charge in [-0.25, -0.2) is 4.39 Å². The van der Waals surface area contributed by atoms with E-state index in [1.807, 2.05) is 13.8 Å². The number of nitrogens with one attached hydrogen (secondary N) is 1. The lowest BCUT2D eigenvalue weighted by molar-refractivity contribution is -0.131. The van der Waals surface area contributed by atoms with Gasteiger partial charge < -0.3 is 15.2 Å². The minimum Gasteiger partial charge on any atom is -0.391 e. The number of aliphatic hydroxyl groups is 1. The number of benzene rings is 1. The Morgan fingerprint density at radius 2 is 1.96 bits per heavy atom. The summed E-state index contributed by atoms with van der Waals surface area (Å²) in [5, 5.41) is 12.9. The average molecular weight is 323 g/mol. The van der Waals surface area contributed by atoms with Gasteiger partial charge in [0.25, 0.3) is 0 Å². The number of aliphatic hydroxyl groups excluding tert-OH is 1. The number of carbonyl (C=O) groups excluding carboxylic acids is 1. The van der Waals surface area contributed by atoms with Crippen LogP contribution in [-0.4, -0.2) is 36.9 Å². The Morgan fingerprint density at radius 1 is 1.35 bits per heavy atom. The van der Waals surface area contributed by atoms with Gasteiger partial charge in [-0.05, 0) is 36.5 Å². The van der Waals surface area contributed by atoms with Crippen molar-refractivity contribution in [1.29, 1.82) is 0 Å². The van der Waals surface area contributed by atoms with E-state index in [4.69, 9.17) is 4.74 Å². The van der Waals surface area contributed by atoms with Crippen molar-refractivity contribution in [2.75, 3.05) is 19.8 Å². The lowest BCUT2D eigenvalue weighted by Gasteiger charge is -2.36. The molecule has 1 aromatic rings. The molecule has 5 heteroatoms. The number of rotatable bonds is 6. The quantitative estimate of drug-likeness (QED) is 0.845. The Balaban J connectivity index is 2.14. The van der Waals surface area contributed by atoms with Gasteiger partial charge >= 0.3 is 0 Å². The summed E-state index contributed by atoms with van der Waals surface area (Å²) in [5.41, 5.74) is 0.0962. The summed E-state index contributed by atoms with van der Waals surface area (Å²) in [7, 11) is 0. The molecule has 0 spiro atoms. The van der Waals surface area contributed by atoms with Crippen LogP contribution in [-0.2, 0) is 14.9 Å². The summed E-state index contributed by atoms with van der Waals surface area (Å²) < 4.78 is 18.6. The van der Waals surface area contributed by atoms with E-state index < -0.39 is 11.5 Å². The predicted molar refractivity (Wildman–Crippen MR) is 86.6 cm³/mol. The number of ether oxygens (including phenoxy) is 1. The van der Waals surface area contributed by atoms with E-state index in [0.717, 1.165) is 12.0 Å². The van der Waals surface area contributed by atoms with Crippen molar-refractivity contribution in [2.24, 2.45) is 5.92 Å². The van der Waals surface area contributed by atoms with Crippen molar-refractivity contribution in [3.8, 4) is 0 Å². The van der Waals surface area contributed by atoms with Gasteiger partial charge in [-0.3, -0.25) is 4.79 Å². The minimum absolute atomic E-state index is 0.116. The van der Waals surface area contributed by atoms with Gasteiger partial charge in [0.1, 0.15) is 5.82 Å². The molecule has 4 nitrogen and oxygen atoms in total. The molecular formula is C18H26FNO3. The fraction of sp³-hybridized carbons (Fsp3) is 0.611. The summed E-state index contributed by atoms with van der Waals surface area (Å²) >= 11 is 0. The van der Waals surface area contributed by atoms with Gasteiger partial charge in [0.15, 0.2) is 0 Å². The van der Waals surface area contributed by atoms with Gasteiger partial charge in [0, 0.05) is 19.8 Å². The second-order valence-corrected chi connectivity index (χ2v) is 6.36. The highest BCUT2D eigenvalue weighted by atomic mass is 19.1. The molecule has 0 aromatic heterocycles. The monoisotopic (exact) mass is 323 g/mol. The highest BCUT2D eigenvalue weighted by Crippen LogP contribution is 2.35. The zero-order chi connectivity index (χ0) is 16.9. The summed E-state index contributed by atoms with van der Waals surface area (Å²) in [6.45, 7) is 5.20. The lowest BCUT2D eigenvalue weighted by atomic mass is 9.73. The molecule has 1 saturated heterocycles. The second-order valence-electron chi connectivity index (χ2n) is 6.36. The largest absolute Gasteiger partial charge is 0.391 e. The normalized spacial score (nSPS) is 19.8. The molecule has 2 N–H and O–H groups in total. The molecule has 0 saturated carbocycles. The maximum atomic E-state index is 13.2. The van der Waals surface area contributed by atoms with E-state index in [-0.39, 0.29) is 24.2 Å². The molecule has 2 atom stereocenters. The van der Waals surface area contributed by atoms with Crippen LogP contribution in [0.3, 0.4) is 0 Å². The second kappa shape index (κ2) is 7.88. The molecule has 0 aliphatic carbocycles. The van der Waals surface area contributed by atoms with Crippen LogP contribution in [0, 0.1) is 11.7 Å². The van der Waals surface area contributed by atoms with Crippen LogP contribution in [0.2, 0.25) is 0 Å². The third kappa shape index (κ3) is 4.09. The van der Waals surface area contributed by atoms with E-state index >= 15 is 0 Å². The number of carbonyl (C=O) groups is 1. The highest BCUT2D eigenvalue weighted by Gasteiger charge is 2.41. The zero-order valence-electron chi connectivity index (χ0n) is 13.8. The van der Waals surface area contributed by atoms with Crippen LogP contribution < -0.4 is 5.32 Å². The van der Waals surface area contributed by atoms with E-state index in [1.165, 1.54) is 12.1 Å². The zero-order valence-corrected chi connectivity index (χ0v) is 13.8. The van der Waals surface area contributed by atoms with Crippen molar-refractivity contribution < 1.29 is 19.0 Å². The Kier molecular flexibility index (Phi) is 6.13. The minimum atomic E-state index is -0.707. The van der Waals surface area contributed by atoms with Crippen molar-refractivity contribution >= 4 is 5.91 Å². The van der Waals surface area contributed by atoms with E-state index in [2.05, 4.69) is 5.32 Å². The molecule has 2 rings (SSSR count). The molecule has 23 heavy (non-hydrogen) atoms. The third-order valence-electron chi connectivity index (χ3n) is 4.95. The van der Waals surface area contributed by atoms with Gasteiger partial charge in [-0.15, -0.1) is 0 Å². The fourth-order valence-electron chi connectivity index (χ4n) is 2.98.